The molecule has 16 heavy (non-hydrogen) atoms. The first-order chi connectivity index (χ1) is 7.47. The van der Waals surface area contributed by atoms with Gasteiger partial charge >= 0.3 is 0 Å². The first kappa shape index (κ1) is 12.7. The second-order valence-corrected chi connectivity index (χ2v) is 4.20. The van der Waals surface area contributed by atoms with Gasteiger partial charge in [0.05, 0.1) is 13.3 Å². The summed E-state index contributed by atoms with van der Waals surface area (Å²) in [5.74, 6) is 0.484. The highest BCUT2D eigenvalue weighted by Gasteiger charge is 2.21. The van der Waals surface area contributed by atoms with Crippen LogP contribution in [0.3, 0.4) is 0 Å². The summed E-state index contributed by atoms with van der Waals surface area (Å²) in [6, 6.07) is -0.0383. The maximum atomic E-state index is 12.0. The molecular weight excluding hydrogens is 206 g/mol. The molecule has 0 aromatic carbocycles. The second-order valence-electron chi connectivity index (χ2n) is 4.20. The van der Waals surface area contributed by atoms with Crippen molar-refractivity contribution in [2.75, 3.05) is 7.11 Å². The lowest BCUT2D eigenvalue weighted by atomic mass is 10.1. The molecule has 0 aliphatic carbocycles. The number of aromatic nitrogens is 2. The minimum Gasteiger partial charge on any atom is -0.493 e. The zero-order valence-electron chi connectivity index (χ0n) is 10.2. The van der Waals surface area contributed by atoms with Gasteiger partial charge in [0.15, 0.2) is 11.5 Å². The molecule has 0 aliphatic rings. The van der Waals surface area contributed by atoms with E-state index in [1.54, 1.807) is 17.8 Å². The number of methoxy groups -OCH3 is 1. The zero-order valence-corrected chi connectivity index (χ0v) is 10.2. The van der Waals surface area contributed by atoms with E-state index in [2.05, 4.69) is 5.10 Å². The van der Waals surface area contributed by atoms with Crippen molar-refractivity contribution < 1.29 is 9.53 Å². The van der Waals surface area contributed by atoms with Gasteiger partial charge in [0.25, 0.3) is 0 Å². The molecule has 1 aromatic rings. The van der Waals surface area contributed by atoms with Crippen LogP contribution in [0.1, 0.15) is 43.7 Å². The van der Waals surface area contributed by atoms with Crippen LogP contribution in [0.15, 0.2) is 6.20 Å². The minimum atomic E-state index is -0.160. The second kappa shape index (κ2) is 5.12. The van der Waals surface area contributed by atoms with Crippen LogP contribution in [-0.2, 0) is 0 Å². The Bertz CT molecular complexity index is 369. The van der Waals surface area contributed by atoms with Crippen LogP contribution >= 0.6 is 0 Å². The van der Waals surface area contributed by atoms with Crippen LogP contribution < -0.4 is 10.5 Å². The summed E-state index contributed by atoms with van der Waals surface area (Å²) in [7, 11) is 1.53. The van der Waals surface area contributed by atoms with Crippen LogP contribution in [0.5, 0.6) is 5.75 Å². The fraction of sp³-hybridized carbons (Fsp3) is 0.636. The summed E-state index contributed by atoms with van der Waals surface area (Å²) in [4.78, 5) is 12.0. The maximum Gasteiger partial charge on any atom is 0.186 e. The maximum absolute atomic E-state index is 12.0. The van der Waals surface area contributed by atoms with Crippen LogP contribution in [-0.4, -0.2) is 28.7 Å². The molecule has 1 heterocycles. The Morgan fingerprint density at radius 2 is 2.19 bits per heavy atom. The third-order valence-corrected chi connectivity index (χ3v) is 2.24. The zero-order chi connectivity index (χ0) is 12.3. The molecular formula is C11H19N3O2. The van der Waals surface area contributed by atoms with E-state index >= 15 is 0 Å². The third kappa shape index (κ3) is 2.61. The molecule has 0 spiro atoms. The summed E-state index contributed by atoms with van der Waals surface area (Å²) >= 11 is 0. The van der Waals surface area contributed by atoms with Gasteiger partial charge in [0.1, 0.15) is 5.69 Å². The number of nitrogens with two attached hydrogens (primary N) is 1. The Hall–Kier alpha value is -1.36. The van der Waals surface area contributed by atoms with Gasteiger partial charge in [0.2, 0.25) is 0 Å². The van der Waals surface area contributed by atoms with Crippen LogP contribution in [0.2, 0.25) is 0 Å². The fourth-order valence-corrected chi connectivity index (χ4v) is 1.54. The van der Waals surface area contributed by atoms with E-state index in [1.807, 2.05) is 13.8 Å². The molecule has 1 unspecified atom stereocenters. The Labute approximate surface area is 95.6 Å². The lowest BCUT2D eigenvalue weighted by Crippen LogP contribution is -2.22. The number of ketones is 1. The minimum absolute atomic E-state index is 0.0296. The number of Topliss-reactive ketones (excluding diaryl/α,β-unsaturated/α-hetero) is 1. The largest absolute Gasteiger partial charge is 0.493 e. The summed E-state index contributed by atoms with van der Waals surface area (Å²) < 4.78 is 6.80. The Kier molecular flexibility index (Phi) is 4.06. The molecule has 0 saturated carbocycles. The molecule has 1 atom stereocenters. The van der Waals surface area contributed by atoms with Gasteiger partial charge in [-0.15, -0.1) is 0 Å². The Balaban J connectivity index is 3.07. The molecule has 1 rings (SSSR count). The topological polar surface area (TPSA) is 70.1 Å². The molecule has 0 saturated heterocycles. The number of hydrogen-bond acceptors (Lipinski definition) is 4. The quantitative estimate of drug-likeness (QED) is 0.769. The predicted molar refractivity (Wildman–Crippen MR) is 61.8 cm³/mol. The van der Waals surface area contributed by atoms with Crippen molar-refractivity contribution >= 4 is 5.78 Å². The number of ether oxygens (including phenoxy) is 1. The van der Waals surface area contributed by atoms with Gasteiger partial charge in [-0.05, 0) is 20.8 Å². The average molecular weight is 225 g/mol. The van der Waals surface area contributed by atoms with E-state index < -0.39 is 0 Å². The van der Waals surface area contributed by atoms with E-state index in [0.717, 1.165) is 0 Å². The van der Waals surface area contributed by atoms with E-state index in [0.29, 0.717) is 17.9 Å². The SMILES string of the molecule is COc1cnn(C(C)C)c1C(=O)CC(C)N. The van der Waals surface area contributed by atoms with Crippen LogP contribution in [0.4, 0.5) is 0 Å². The molecule has 5 heteroatoms. The normalized spacial score (nSPS) is 12.9. The van der Waals surface area contributed by atoms with Gasteiger partial charge < -0.3 is 10.5 Å². The highest BCUT2D eigenvalue weighted by molar-refractivity contribution is 5.97. The summed E-state index contributed by atoms with van der Waals surface area (Å²) in [5, 5.41) is 4.14. The first-order valence-corrected chi connectivity index (χ1v) is 5.37. The number of nitrogens with zero attached hydrogens (tertiary/aromatic N) is 2. The van der Waals surface area contributed by atoms with E-state index in [9.17, 15) is 4.79 Å². The van der Waals surface area contributed by atoms with Crippen molar-refractivity contribution in [1.82, 2.24) is 9.78 Å². The van der Waals surface area contributed by atoms with Crippen molar-refractivity contribution in [2.24, 2.45) is 5.73 Å². The molecule has 0 amide bonds. The molecule has 0 radical (unpaired) electrons. The lowest BCUT2D eigenvalue weighted by Gasteiger charge is -2.12. The smallest absolute Gasteiger partial charge is 0.186 e. The standard InChI is InChI=1S/C11H19N3O2/c1-7(2)14-11(9(15)5-8(3)12)10(16-4)6-13-14/h6-8H,5,12H2,1-4H3. The van der Waals surface area contributed by atoms with Crippen LogP contribution in [0, 0.1) is 0 Å². The van der Waals surface area contributed by atoms with Gasteiger partial charge in [-0.1, -0.05) is 0 Å². The fourth-order valence-electron chi connectivity index (χ4n) is 1.54. The van der Waals surface area contributed by atoms with Gasteiger partial charge in [-0.2, -0.15) is 5.10 Å². The highest BCUT2D eigenvalue weighted by Crippen LogP contribution is 2.22. The van der Waals surface area contributed by atoms with E-state index in [4.69, 9.17) is 10.5 Å². The van der Waals surface area contributed by atoms with Gasteiger partial charge in [0, 0.05) is 18.5 Å². The molecule has 2 N–H and O–H groups in total. The van der Waals surface area contributed by atoms with Crippen LogP contribution in [0.25, 0.3) is 0 Å². The van der Waals surface area contributed by atoms with Crippen molar-refractivity contribution in [3.05, 3.63) is 11.9 Å². The van der Waals surface area contributed by atoms with Gasteiger partial charge in [-0.25, -0.2) is 0 Å². The summed E-state index contributed by atoms with van der Waals surface area (Å²) in [5.41, 5.74) is 6.13. The summed E-state index contributed by atoms with van der Waals surface area (Å²) in [6.07, 6.45) is 1.86. The molecule has 0 fully saturated rings. The van der Waals surface area contributed by atoms with Crippen molar-refractivity contribution in [3.63, 3.8) is 0 Å². The third-order valence-electron chi connectivity index (χ3n) is 2.24. The summed E-state index contributed by atoms with van der Waals surface area (Å²) in [6.45, 7) is 5.74. The lowest BCUT2D eigenvalue weighted by molar-refractivity contribution is 0.0961. The molecule has 0 bridgehead atoms. The Morgan fingerprint density at radius 3 is 2.62 bits per heavy atom. The molecule has 90 valence electrons. The molecule has 1 aromatic heterocycles. The first-order valence-electron chi connectivity index (χ1n) is 5.37. The number of carbonyl (C=O) groups is 1. The average Bonchev–Trinajstić information content (AvgIpc) is 2.59. The molecule has 0 aliphatic heterocycles. The predicted octanol–water partition coefficient (Wildman–Crippen LogP) is 1.39. The number of rotatable bonds is 5. The highest BCUT2D eigenvalue weighted by atomic mass is 16.5. The van der Waals surface area contributed by atoms with E-state index in [-0.39, 0.29) is 17.9 Å². The van der Waals surface area contributed by atoms with Crippen molar-refractivity contribution in [1.29, 1.82) is 0 Å². The number of hydrogen-bond donors (Lipinski definition) is 1. The Morgan fingerprint density at radius 1 is 1.56 bits per heavy atom. The van der Waals surface area contributed by atoms with Crippen molar-refractivity contribution in [3.8, 4) is 5.75 Å². The van der Waals surface area contributed by atoms with E-state index in [1.165, 1.54) is 7.11 Å². The number of carbonyl (C=O) groups excluding carboxylic acids is 1. The monoisotopic (exact) mass is 225 g/mol. The van der Waals surface area contributed by atoms with Gasteiger partial charge in [-0.3, -0.25) is 9.48 Å². The van der Waals surface area contributed by atoms with Crippen molar-refractivity contribution in [2.45, 2.75) is 39.3 Å². The molecule has 5 nitrogen and oxygen atoms in total.